The summed E-state index contributed by atoms with van der Waals surface area (Å²) in [6, 6.07) is 0. The van der Waals surface area contributed by atoms with Gasteiger partial charge in [-0.25, -0.2) is 10.3 Å². The van der Waals surface area contributed by atoms with Crippen molar-refractivity contribution in [3.8, 4) is 0 Å². The Bertz CT molecular complexity index is 113. The average Bonchev–Trinajstić information content (AvgIpc) is 2.14. The second-order valence-corrected chi connectivity index (χ2v) is 1.27. The summed E-state index contributed by atoms with van der Waals surface area (Å²) in [4.78, 5) is 3.87. The number of rotatable bonds is 1. The lowest BCUT2D eigenvalue weighted by Crippen LogP contribution is -2.02. The van der Waals surface area contributed by atoms with Gasteiger partial charge in [0.25, 0.3) is 0 Å². The Kier molecular flexibility index (Phi) is 1.11. The maximum atomic E-state index is 3.87. The lowest BCUT2D eigenvalue weighted by atomic mass is 10.4. The van der Waals surface area contributed by atoms with Gasteiger partial charge in [0.15, 0.2) is 0 Å². The van der Waals surface area contributed by atoms with Crippen LogP contribution in [0.2, 0.25) is 0 Å². The first-order chi connectivity index (χ1) is 3.43. The molecule has 0 aliphatic carbocycles. The molecule has 1 heterocycles. The molecule has 0 atom stereocenters. The molecule has 1 rings (SSSR count). The predicted molar refractivity (Wildman–Crippen MR) is 27.7 cm³/mol. The van der Waals surface area contributed by atoms with Gasteiger partial charge in [-0.15, -0.1) is 0 Å². The Hall–Kier alpha value is -0.790. The van der Waals surface area contributed by atoms with Crippen LogP contribution < -0.4 is 5.32 Å². The van der Waals surface area contributed by atoms with E-state index in [-0.39, 0.29) is 0 Å². The molecular weight excluding hydrogens is 88.1 g/mol. The van der Waals surface area contributed by atoms with Crippen molar-refractivity contribution in [3.05, 3.63) is 12.4 Å². The molecule has 0 amide bonds. The van der Waals surface area contributed by atoms with Gasteiger partial charge in [0.1, 0.15) is 12.0 Å². The van der Waals surface area contributed by atoms with Crippen molar-refractivity contribution in [2.45, 2.75) is 13.3 Å². The van der Waals surface area contributed by atoms with Crippen LogP contribution in [-0.2, 0) is 0 Å². The van der Waals surface area contributed by atoms with E-state index in [1.165, 1.54) is 0 Å². The van der Waals surface area contributed by atoms with E-state index in [1.807, 2.05) is 6.92 Å². The molecule has 0 aromatic rings. The zero-order chi connectivity index (χ0) is 5.11. The van der Waals surface area contributed by atoms with Gasteiger partial charge >= 0.3 is 0 Å². The molecule has 2 heteroatoms. The van der Waals surface area contributed by atoms with Gasteiger partial charge in [-0.2, -0.15) is 0 Å². The minimum absolute atomic E-state index is 0.875. The first kappa shape index (κ1) is 4.37. The Morgan fingerprint density at radius 2 is 2.71 bits per heavy atom. The Balaban J connectivity index is 2.45. The molecule has 1 aliphatic heterocycles. The highest BCUT2D eigenvalue weighted by Crippen LogP contribution is 1.90. The van der Waals surface area contributed by atoms with Gasteiger partial charge < -0.3 is 0 Å². The number of nitrogens with zero attached hydrogens (tertiary/aromatic N) is 2. The number of aliphatic imine (C=N–C) groups is 1. The van der Waals surface area contributed by atoms with E-state index in [1.54, 1.807) is 6.20 Å². The summed E-state index contributed by atoms with van der Waals surface area (Å²) in [5, 5.41) is 3.80. The fraction of sp³-hybridized carbons (Fsp3) is 0.400. The predicted octanol–water partition coefficient (Wildman–Crippen LogP) is 0.687. The molecule has 0 N–H and O–H groups in total. The Labute approximate surface area is 42.9 Å². The van der Waals surface area contributed by atoms with E-state index in [2.05, 4.69) is 16.5 Å². The maximum absolute atomic E-state index is 3.87. The van der Waals surface area contributed by atoms with Crippen LogP contribution in [0.4, 0.5) is 0 Å². The monoisotopic (exact) mass is 94.1 g/mol. The molecule has 1 aliphatic rings. The summed E-state index contributed by atoms with van der Waals surface area (Å²) < 4.78 is 0. The Morgan fingerprint density at radius 1 is 1.86 bits per heavy atom. The van der Waals surface area contributed by atoms with Crippen molar-refractivity contribution in [1.82, 2.24) is 5.32 Å². The second kappa shape index (κ2) is 1.78. The van der Waals surface area contributed by atoms with E-state index in [0.717, 1.165) is 12.3 Å². The SMILES string of the molecule is CCC1=NC=[C][N]1. The summed E-state index contributed by atoms with van der Waals surface area (Å²) >= 11 is 0. The van der Waals surface area contributed by atoms with Crippen LogP contribution in [-0.4, -0.2) is 5.84 Å². The van der Waals surface area contributed by atoms with Gasteiger partial charge in [-0.3, -0.25) is 0 Å². The summed E-state index contributed by atoms with van der Waals surface area (Å²) in [7, 11) is 0. The van der Waals surface area contributed by atoms with E-state index >= 15 is 0 Å². The highest BCUT2D eigenvalue weighted by molar-refractivity contribution is 5.83. The smallest absolute Gasteiger partial charge is 0.128 e. The third kappa shape index (κ3) is 0.796. The molecule has 36 valence electrons. The summed E-state index contributed by atoms with van der Waals surface area (Å²) in [5.41, 5.74) is 0. The standard InChI is InChI=1S/C5H6N2/c1-2-5-6-3-4-7-5/h3H,2H2,1H3. The second-order valence-electron chi connectivity index (χ2n) is 1.27. The molecule has 0 bridgehead atoms. The summed E-state index contributed by atoms with van der Waals surface area (Å²) in [6.07, 6.45) is 5.11. The highest BCUT2D eigenvalue weighted by Gasteiger charge is 1.95. The van der Waals surface area contributed by atoms with Gasteiger partial charge in [-0.1, -0.05) is 6.92 Å². The largest absolute Gasteiger partial charge is 0.239 e. The van der Waals surface area contributed by atoms with Crippen LogP contribution in [0.15, 0.2) is 11.2 Å². The quantitative estimate of drug-likeness (QED) is 0.457. The van der Waals surface area contributed by atoms with Gasteiger partial charge in [0, 0.05) is 6.42 Å². The number of hydrogen-bond donors (Lipinski definition) is 0. The summed E-state index contributed by atoms with van der Waals surface area (Å²) in [5.74, 6) is 0.875. The van der Waals surface area contributed by atoms with Crippen molar-refractivity contribution in [3.63, 3.8) is 0 Å². The molecule has 0 aromatic heterocycles. The third-order valence-corrected chi connectivity index (χ3v) is 0.781. The van der Waals surface area contributed by atoms with E-state index in [9.17, 15) is 0 Å². The van der Waals surface area contributed by atoms with Crippen LogP contribution in [0, 0.1) is 6.20 Å². The summed E-state index contributed by atoms with van der Waals surface area (Å²) in [6.45, 7) is 2.02. The minimum Gasteiger partial charge on any atom is -0.239 e. The molecule has 0 saturated carbocycles. The number of amidine groups is 1. The molecule has 0 aromatic carbocycles. The third-order valence-electron chi connectivity index (χ3n) is 0.781. The average molecular weight is 94.1 g/mol. The van der Waals surface area contributed by atoms with Crippen molar-refractivity contribution in [1.29, 1.82) is 0 Å². The molecule has 0 saturated heterocycles. The maximum Gasteiger partial charge on any atom is 0.128 e. The van der Waals surface area contributed by atoms with Crippen molar-refractivity contribution in [2.75, 3.05) is 0 Å². The van der Waals surface area contributed by atoms with Gasteiger partial charge in [0.2, 0.25) is 0 Å². The van der Waals surface area contributed by atoms with E-state index < -0.39 is 0 Å². The normalized spacial score (nSPS) is 16.4. The van der Waals surface area contributed by atoms with E-state index in [0.29, 0.717) is 0 Å². The zero-order valence-corrected chi connectivity index (χ0v) is 4.18. The van der Waals surface area contributed by atoms with Crippen molar-refractivity contribution < 1.29 is 0 Å². The van der Waals surface area contributed by atoms with Crippen LogP contribution in [0.5, 0.6) is 0 Å². The molecule has 0 unspecified atom stereocenters. The first-order valence-corrected chi connectivity index (χ1v) is 2.28. The molecule has 2 nitrogen and oxygen atoms in total. The van der Waals surface area contributed by atoms with E-state index in [4.69, 9.17) is 0 Å². The molecule has 7 heavy (non-hydrogen) atoms. The van der Waals surface area contributed by atoms with Gasteiger partial charge in [0.05, 0.1) is 6.20 Å². The fourth-order valence-electron chi connectivity index (χ4n) is 0.406. The zero-order valence-electron chi connectivity index (χ0n) is 4.18. The fourth-order valence-corrected chi connectivity index (χ4v) is 0.406. The lowest BCUT2D eigenvalue weighted by Gasteiger charge is -1.86. The van der Waals surface area contributed by atoms with Crippen molar-refractivity contribution in [2.24, 2.45) is 4.99 Å². The molecule has 0 fully saturated rings. The molecule has 0 spiro atoms. The number of hydrogen-bond acceptors (Lipinski definition) is 1. The lowest BCUT2D eigenvalue weighted by molar-refractivity contribution is 1.14. The van der Waals surface area contributed by atoms with Crippen LogP contribution >= 0.6 is 0 Å². The van der Waals surface area contributed by atoms with Crippen LogP contribution in [0.1, 0.15) is 13.3 Å². The topological polar surface area (TPSA) is 26.5 Å². The molecular formula is C5H6N2. The van der Waals surface area contributed by atoms with Gasteiger partial charge in [-0.05, 0) is 0 Å². The van der Waals surface area contributed by atoms with Crippen molar-refractivity contribution >= 4 is 5.84 Å². The molecule has 2 radical (unpaired) electrons. The Morgan fingerprint density at radius 3 is 3.00 bits per heavy atom. The van der Waals surface area contributed by atoms with Crippen LogP contribution in [0.3, 0.4) is 0 Å². The first-order valence-electron chi connectivity index (χ1n) is 2.28. The minimum atomic E-state index is 0.875. The highest BCUT2D eigenvalue weighted by atomic mass is 15.0. The van der Waals surface area contributed by atoms with Crippen LogP contribution in [0.25, 0.3) is 0 Å².